The second-order valence-electron chi connectivity index (χ2n) is 6.63. The molecule has 0 aliphatic rings. The number of hydrogen-bond acceptors (Lipinski definition) is 1. The molecule has 1 heterocycles. The van der Waals surface area contributed by atoms with Crippen LogP contribution in [0.2, 0.25) is 0 Å². The van der Waals surface area contributed by atoms with E-state index in [1.807, 2.05) is 0 Å². The standard InChI is InChI=1S/C14H26N2/c1-8-9-16-12(14(5,6)7)11(10-15-16)13(2,3)4/h10H,8-9H2,1-7H3. The molecule has 0 radical (unpaired) electrons. The van der Waals surface area contributed by atoms with E-state index in [2.05, 4.69) is 64.4 Å². The van der Waals surface area contributed by atoms with E-state index in [9.17, 15) is 0 Å². The topological polar surface area (TPSA) is 17.8 Å². The van der Waals surface area contributed by atoms with Crippen LogP contribution in [-0.4, -0.2) is 9.78 Å². The minimum Gasteiger partial charge on any atom is -0.269 e. The SMILES string of the molecule is CCCn1ncc(C(C)(C)C)c1C(C)(C)C. The van der Waals surface area contributed by atoms with E-state index in [4.69, 9.17) is 0 Å². The van der Waals surface area contributed by atoms with E-state index in [0.29, 0.717) is 0 Å². The Morgan fingerprint density at radius 3 is 2.00 bits per heavy atom. The molecule has 0 aliphatic heterocycles. The van der Waals surface area contributed by atoms with Gasteiger partial charge in [0, 0.05) is 17.7 Å². The van der Waals surface area contributed by atoms with Gasteiger partial charge in [-0.1, -0.05) is 48.5 Å². The molecule has 0 aromatic carbocycles. The lowest BCUT2D eigenvalue weighted by molar-refractivity contribution is 0.463. The Hall–Kier alpha value is -0.790. The minimum atomic E-state index is 0.161. The van der Waals surface area contributed by atoms with Crippen LogP contribution in [0, 0.1) is 0 Å². The zero-order valence-corrected chi connectivity index (χ0v) is 11.9. The van der Waals surface area contributed by atoms with Crippen molar-refractivity contribution >= 4 is 0 Å². The van der Waals surface area contributed by atoms with Crippen LogP contribution in [0.1, 0.15) is 66.1 Å². The lowest BCUT2D eigenvalue weighted by atomic mass is 9.79. The van der Waals surface area contributed by atoms with Crippen molar-refractivity contribution in [3.63, 3.8) is 0 Å². The third kappa shape index (κ3) is 2.66. The van der Waals surface area contributed by atoms with Gasteiger partial charge in [0.2, 0.25) is 0 Å². The van der Waals surface area contributed by atoms with Gasteiger partial charge in [-0.3, -0.25) is 4.68 Å². The maximum atomic E-state index is 4.56. The van der Waals surface area contributed by atoms with E-state index < -0.39 is 0 Å². The molecule has 0 unspecified atom stereocenters. The van der Waals surface area contributed by atoms with Crippen LogP contribution >= 0.6 is 0 Å². The molecule has 16 heavy (non-hydrogen) atoms. The quantitative estimate of drug-likeness (QED) is 0.742. The lowest BCUT2D eigenvalue weighted by Crippen LogP contribution is -2.24. The molecule has 1 rings (SSSR count). The van der Waals surface area contributed by atoms with Gasteiger partial charge in [-0.15, -0.1) is 0 Å². The maximum Gasteiger partial charge on any atom is 0.0530 e. The third-order valence-electron chi connectivity index (χ3n) is 2.79. The Kier molecular flexibility index (Phi) is 3.51. The normalized spacial score (nSPS) is 13.2. The first-order valence-electron chi connectivity index (χ1n) is 6.24. The van der Waals surface area contributed by atoms with Gasteiger partial charge in [0.15, 0.2) is 0 Å². The van der Waals surface area contributed by atoms with Crippen molar-refractivity contribution in [2.75, 3.05) is 0 Å². The van der Waals surface area contributed by atoms with E-state index in [-0.39, 0.29) is 10.8 Å². The van der Waals surface area contributed by atoms with Crippen LogP contribution in [0.5, 0.6) is 0 Å². The van der Waals surface area contributed by atoms with E-state index in [1.54, 1.807) is 0 Å². The van der Waals surface area contributed by atoms with Crippen LogP contribution in [0.15, 0.2) is 6.20 Å². The molecule has 1 aromatic heterocycles. The largest absolute Gasteiger partial charge is 0.269 e. The van der Waals surface area contributed by atoms with Crippen molar-refractivity contribution in [3.05, 3.63) is 17.5 Å². The van der Waals surface area contributed by atoms with Crippen LogP contribution in [0.4, 0.5) is 0 Å². The fraction of sp³-hybridized carbons (Fsp3) is 0.786. The van der Waals surface area contributed by atoms with Crippen LogP contribution in [-0.2, 0) is 17.4 Å². The van der Waals surface area contributed by atoms with Gasteiger partial charge >= 0.3 is 0 Å². The molecule has 0 aliphatic carbocycles. The summed E-state index contributed by atoms with van der Waals surface area (Å²) in [6.07, 6.45) is 3.19. The monoisotopic (exact) mass is 222 g/mol. The van der Waals surface area contributed by atoms with Crippen LogP contribution in [0.3, 0.4) is 0 Å². The molecule has 2 nitrogen and oxygen atoms in total. The van der Waals surface area contributed by atoms with E-state index >= 15 is 0 Å². The van der Waals surface area contributed by atoms with Crippen molar-refractivity contribution in [3.8, 4) is 0 Å². The van der Waals surface area contributed by atoms with Gasteiger partial charge in [0.05, 0.1) is 6.20 Å². The molecule has 0 atom stereocenters. The summed E-state index contributed by atoms with van der Waals surface area (Å²) in [5.74, 6) is 0. The average Bonchev–Trinajstić information content (AvgIpc) is 2.46. The summed E-state index contributed by atoms with van der Waals surface area (Å²) in [4.78, 5) is 0. The lowest BCUT2D eigenvalue weighted by Gasteiger charge is -2.27. The van der Waals surface area contributed by atoms with E-state index in [1.165, 1.54) is 11.3 Å². The van der Waals surface area contributed by atoms with Gasteiger partial charge in [-0.05, 0) is 17.4 Å². The average molecular weight is 222 g/mol. The molecule has 0 N–H and O–H groups in total. The zero-order valence-electron chi connectivity index (χ0n) is 11.9. The molecule has 0 bridgehead atoms. The predicted molar refractivity (Wildman–Crippen MR) is 69.9 cm³/mol. The highest BCUT2D eigenvalue weighted by Crippen LogP contribution is 2.33. The van der Waals surface area contributed by atoms with Crippen molar-refractivity contribution in [2.24, 2.45) is 0 Å². The van der Waals surface area contributed by atoms with Gasteiger partial charge in [0.1, 0.15) is 0 Å². The Labute approximate surface area is 100 Å². The molecule has 2 heteroatoms. The second kappa shape index (κ2) is 4.23. The first-order chi connectivity index (χ1) is 7.18. The fourth-order valence-corrected chi connectivity index (χ4v) is 2.11. The summed E-state index contributed by atoms with van der Waals surface area (Å²) < 4.78 is 2.18. The Bertz CT molecular complexity index is 348. The van der Waals surface area contributed by atoms with Crippen LogP contribution < -0.4 is 0 Å². The minimum absolute atomic E-state index is 0.161. The number of aryl methyl sites for hydroxylation is 1. The number of nitrogens with zero attached hydrogens (tertiary/aromatic N) is 2. The van der Waals surface area contributed by atoms with Crippen molar-refractivity contribution < 1.29 is 0 Å². The highest BCUT2D eigenvalue weighted by Gasteiger charge is 2.29. The second-order valence-corrected chi connectivity index (χ2v) is 6.63. The number of hydrogen-bond donors (Lipinski definition) is 0. The van der Waals surface area contributed by atoms with Gasteiger partial charge in [0.25, 0.3) is 0 Å². The van der Waals surface area contributed by atoms with Crippen LogP contribution in [0.25, 0.3) is 0 Å². The van der Waals surface area contributed by atoms with Gasteiger partial charge in [-0.2, -0.15) is 5.10 Å². The highest BCUT2D eigenvalue weighted by molar-refractivity contribution is 5.31. The summed E-state index contributed by atoms with van der Waals surface area (Å²) in [5.41, 5.74) is 3.11. The first kappa shape index (κ1) is 13.3. The van der Waals surface area contributed by atoms with Gasteiger partial charge < -0.3 is 0 Å². The summed E-state index contributed by atoms with van der Waals surface area (Å²) >= 11 is 0. The Morgan fingerprint density at radius 1 is 1.06 bits per heavy atom. The third-order valence-corrected chi connectivity index (χ3v) is 2.79. The molecule has 0 fully saturated rings. The summed E-state index contributed by atoms with van der Waals surface area (Å²) in [7, 11) is 0. The molecule has 0 spiro atoms. The molecule has 0 amide bonds. The number of rotatable bonds is 2. The first-order valence-corrected chi connectivity index (χ1v) is 6.24. The molecule has 92 valence electrons. The predicted octanol–water partition coefficient (Wildman–Crippen LogP) is 3.89. The van der Waals surface area contributed by atoms with Gasteiger partial charge in [-0.25, -0.2) is 0 Å². The summed E-state index contributed by atoms with van der Waals surface area (Å²) in [5, 5.41) is 4.56. The zero-order chi connectivity index (χ0) is 12.6. The molecular weight excluding hydrogens is 196 g/mol. The summed E-state index contributed by atoms with van der Waals surface area (Å²) in [6.45, 7) is 16.8. The molecule has 1 aromatic rings. The maximum absolute atomic E-state index is 4.56. The van der Waals surface area contributed by atoms with Crippen molar-refractivity contribution in [2.45, 2.75) is 72.3 Å². The van der Waals surface area contributed by atoms with Crippen molar-refractivity contribution in [1.29, 1.82) is 0 Å². The molecule has 0 saturated heterocycles. The Morgan fingerprint density at radius 2 is 1.62 bits per heavy atom. The number of aromatic nitrogens is 2. The fourth-order valence-electron chi connectivity index (χ4n) is 2.11. The van der Waals surface area contributed by atoms with Crippen molar-refractivity contribution in [1.82, 2.24) is 9.78 Å². The van der Waals surface area contributed by atoms with E-state index in [0.717, 1.165) is 13.0 Å². The molecule has 0 saturated carbocycles. The summed E-state index contributed by atoms with van der Waals surface area (Å²) in [6, 6.07) is 0. The smallest absolute Gasteiger partial charge is 0.0530 e. The highest BCUT2D eigenvalue weighted by atomic mass is 15.3. The Balaban J connectivity index is 3.31. The molecular formula is C14H26N2.